The SMILES string of the molecule is COc1cccc(COc2ccc(-c3cc(NC(Cc4ccccn4)C(=O)O)ncn3)cc2)c1. The zero-order valence-corrected chi connectivity index (χ0v) is 18.6. The molecule has 0 aliphatic heterocycles. The molecule has 1 atom stereocenters. The summed E-state index contributed by atoms with van der Waals surface area (Å²) in [5.41, 5.74) is 3.21. The lowest BCUT2D eigenvalue weighted by atomic mass is 10.1. The van der Waals surface area contributed by atoms with E-state index in [1.807, 2.05) is 54.6 Å². The number of benzene rings is 2. The second-order valence-electron chi connectivity index (χ2n) is 7.51. The van der Waals surface area contributed by atoms with Gasteiger partial charge in [0.2, 0.25) is 0 Å². The minimum Gasteiger partial charge on any atom is -0.497 e. The Labute approximate surface area is 197 Å². The lowest BCUT2D eigenvalue weighted by molar-refractivity contribution is -0.137. The number of carboxylic acid groups (broad SMARTS) is 1. The first-order valence-corrected chi connectivity index (χ1v) is 10.7. The van der Waals surface area contributed by atoms with Gasteiger partial charge in [-0.15, -0.1) is 0 Å². The van der Waals surface area contributed by atoms with Gasteiger partial charge >= 0.3 is 5.97 Å². The van der Waals surface area contributed by atoms with Gasteiger partial charge in [-0.05, 0) is 54.1 Å². The summed E-state index contributed by atoms with van der Waals surface area (Å²) in [6.07, 6.45) is 3.28. The van der Waals surface area contributed by atoms with Crippen molar-refractivity contribution in [1.82, 2.24) is 15.0 Å². The van der Waals surface area contributed by atoms with Crippen molar-refractivity contribution in [3.05, 3.63) is 96.6 Å². The Morgan fingerprint density at radius 1 is 0.971 bits per heavy atom. The van der Waals surface area contributed by atoms with E-state index in [1.165, 1.54) is 6.33 Å². The number of ether oxygens (including phenoxy) is 2. The third-order valence-corrected chi connectivity index (χ3v) is 5.12. The fourth-order valence-corrected chi connectivity index (χ4v) is 3.35. The van der Waals surface area contributed by atoms with Crippen molar-refractivity contribution in [3.63, 3.8) is 0 Å². The van der Waals surface area contributed by atoms with Gasteiger partial charge in [-0.1, -0.05) is 18.2 Å². The van der Waals surface area contributed by atoms with Crippen LogP contribution in [0.3, 0.4) is 0 Å². The average molecular weight is 457 g/mol. The van der Waals surface area contributed by atoms with E-state index in [0.717, 1.165) is 22.6 Å². The van der Waals surface area contributed by atoms with E-state index in [-0.39, 0.29) is 6.42 Å². The molecule has 0 spiro atoms. The smallest absolute Gasteiger partial charge is 0.326 e. The first-order chi connectivity index (χ1) is 16.6. The number of hydrogen-bond donors (Lipinski definition) is 2. The molecule has 0 fully saturated rings. The number of nitrogens with zero attached hydrogens (tertiary/aromatic N) is 3. The first kappa shape index (κ1) is 22.7. The minimum atomic E-state index is -0.983. The molecular formula is C26H24N4O4. The molecule has 0 amide bonds. The second-order valence-corrected chi connectivity index (χ2v) is 7.51. The number of aliphatic carboxylic acids is 1. The van der Waals surface area contributed by atoms with Crippen LogP contribution in [0, 0.1) is 0 Å². The van der Waals surface area contributed by atoms with E-state index >= 15 is 0 Å². The second kappa shape index (κ2) is 10.9. The summed E-state index contributed by atoms with van der Waals surface area (Å²) in [7, 11) is 1.63. The summed E-state index contributed by atoms with van der Waals surface area (Å²) in [4.78, 5) is 24.5. The molecule has 0 bridgehead atoms. The number of nitrogens with one attached hydrogen (secondary N) is 1. The monoisotopic (exact) mass is 456 g/mol. The number of carbonyl (C=O) groups is 1. The van der Waals surface area contributed by atoms with Crippen LogP contribution in [0.5, 0.6) is 11.5 Å². The zero-order chi connectivity index (χ0) is 23.8. The lowest BCUT2D eigenvalue weighted by Gasteiger charge is -2.15. The van der Waals surface area contributed by atoms with Gasteiger partial charge in [0.25, 0.3) is 0 Å². The van der Waals surface area contributed by atoms with Crippen LogP contribution in [0.15, 0.2) is 85.3 Å². The van der Waals surface area contributed by atoms with Crippen LogP contribution in [-0.2, 0) is 17.8 Å². The van der Waals surface area contributed by atoms with E-state index < -0.39 is 12.0 Å². The highest BCUT2D eigenvalue weighted by atomic mass is 16.5. The van der Waals surface area contributed by atoms with Gasteiger partial charge in [0.05, 0.1) is 12.8 Å². The van der Waals surface area contributed by atoms with Gasteiger partial charge < -0.3 is 19.9 Å². The molecule has 0 radical (unpaired) electrons. The van der Waals surface area contributed by atoms with Crippen molar-refractivity contribution in [2.24, 2.45) is 0 Å². The van der Waals surface area contributed by atoms with Crippen molar-refractivity contribution in [3.8, 4) is 22.8 Å². The highest BCUT2D eigenvalue weighted by molar-refractivity contribution is 5.77. The molecule has 0 aliphatic rings. The maximum atomic E-state index is 11.7. The maximum Gasteiger partial charge on any atom is 0.326 e. The number of hydrogen-bond acceptors (Lipinski definition) is 7. The Hall–Kier alpha value is -4.46. The molecule has 34 heavy (non-hydrogen) atoms. The molecule has 0 saturated heterocycles. The Balaban J connectivity index is 1.41. The molecule has 2 aromatic carbocycles. The molecule has 8 heteroatoms. The van der Waals surface area contributed by atoms with Gasteiger partial charge in [0, 0.05) is 29.9 Å². The van der Waals surface area contributed by atoms with Crippen molar-refractivity contribution in [1.29, 1.82) is 0 Å². The molecule has 2 heterocycles. The fraction of sp³-hybridized carbons (Fsp3) is 0.154. The number of aromatic nitrogens is 3. The van der Waals surface area contributed by atoms with Crippen LogP contribution < -0.4 is 14.8 Å². The van der Waals surface area contributed by atoms with Crippen LogP contribution >= 0.6 is 0 Å². The number of pyridine rings is 1. The number of anilines is 1. The highest BCUT2D eigenvalue weighted by Crippen LogP contribution is 2.23. The molecule has 0 aliphatic carbocycles. The predicted molar refractivity (Wildman–Crippen MR) is 128 cm³/mol. The molecular weight excluding hydrogens is 432 g/mol. The van der Waals surface area contributed by atoms with Crippen molar-refractivity contribution < 1.29 is 19.4 Å². The molecule has 4 rings (SSSR count). The van der Waals surface area contributed by atoms with Crippen LogP contribution in [-0.4, -0.2) is 39.2 Å². The molecule has 4 aromatic rings. The van der Waals surface area contributed by atoms with Gasteiger partial charge in [0.1, 0.15) is 36.3 Å². The summed E-state index contributed by atoms with van der Waals surface area (Å²) in [5.74, 6) is 0.949. The molecule has 1 unspecified atom stereocenters. The fourth-order valence-electron chi connectivity index (χ4n) is 3.35. The van der Waals surface area contributed by atoms with Gasteiger partial charge in [-0.3, -0.25) is 4.98 Å². The van der Waals surface area contributed by atoms with Crippen LogP contribution in [0.1, 0.15) is 11.3 Å². The van der Waals surface area contributed by atoms with Gasteiger partial charge in [-0.25, -0.2) is 14.8 Å². The first-order valence-electron chi connectivity index (χ1n) is 10.7. The molecule has 172 valence electrons. The average Bonchev–Trinajstić information content (AvgIpc) is 2.88. The Bertz CT molecular complexity index is 1230. The molecule has 2 aromatic heterocycles. The number of methoxy groups -OCH3 is 1. The molecule has 2 N–H and O–H groups in total. The predicted octanol–water partition coefficient (Wildman–Crippen LogP) is 4.23. The summed E-state index contributed by atoms with van der Waals surface area (Å²) in [6, 6.07) is 21.5. The van der Waals surface area contributed by atoms with Crippen LogP contribution in [0.25, 0.3) is 11.3 Å². The van der Waals surface area contributed by atoms with E-state index in [4.69, 9.17) is 9.47 Å². The van der Waals surface area contributed by atoms with E-state index in [1.54, 1.807) is 31.5 Å². The van der Waals surface area contributed by atoms with Crippen LogP contribution in [0.4, 0.5) is 5.82 Å². The van der Waals surface area contributed by atoms with E-state index in [0.29, 0.717) is 23.8 Å². The third kappa shape index (κ3) is 6.07. The number of rotatable bonds is 10. The summed E-state index contributed by atoms with van der Waals surface area (Å²) >= 11 is 0. The zero-order valence-electron chi connectivity index (χ0n) is 18.6. The van der Waals surface area contributed by atoms with E-state index in [9.17, 15) is 9.90 Å². The Kier molecular flexibility index (Phi) is 7.29. The quantitative estimate of drug-likeness (QED) is 0.365. The van der Waals surface area contributed by atoms with Gasteiger partial charge in [-0.2, -0.15) is 0 Å². The Morgan fingerprint density at radius 2 is 1.82 bits per heavy atom. The van der Waals surface area contributed by atoms with Crippen molar-refractivity contribution >= 4 is 11.8 Å². The summed E-state index contributed by atoms with van der Waals surface area (Å²) in [5, 5.41) is 12.6. The van der Waals surface area contributed by atoms with Crippen molar-refractivity contribution in [2.45, 2.75) is 19.1 Å². The van der Waals surface area contributed by atoms with Crippen molar-refractivity contribution in [2.75, 3.05) is 12.4 Å². The minimum absolute atomic E-state index is 0.231. The molecule has 8 nitrogen and oxygen atoms in total. The lowest BCUT2D eigenvalue weighted by Crippen LogP contribution is -2.32. The largest absolute Gasteiger partial charge is 0.497 e. The summed E-state index contributed by atoms with van der Waals surface area (Å²) < 4.78 is 11.1. The van der Waals surface area contributed by atoms with Crippen LogP contribution in [0.2, 0.25) is 0 Å². The maximum absolute atomic E-state index is 11.7. The van der Waals surface area contributed by atoms with E-state index in [2.05, 4.69) is 20.3 Å². The Morgan fingerprint density at radius 3 is 2.56 bits per heavy atom. The number of carboxylic acids is 1. The van der Waals surface area contributed by atoms with Gasteiger partial charge in [0.15, 0.2) is 0 Å². The summed E-state index contributed by atoms with van der Waals surface area (Å²) in [6.45, 7) is 0.422. The molecule has 0 saturated carbocycles. The standard InChI is InChI=1S/C26H24N4O4/c1-33-22-7-4-5-18(13-22)16-34-21-10-8-19(9-11-21)23-15-25(29-17-28-23)30-24(26(31)32)14-20-6-2-3-12-27-20/h2-13,15,17,24H,14,16H2,1H3,(H,31,32)(H,28,29,30). The highest BCUT2D eigenvalue weighted by Gasteiger charge is 2.19. The normalized spacial score (nSPS) is 11.4. The topological polar surface area (TPSA) is 106 Å². The third-order valence-electron chi connectivity index (χ3n) is 5.12.